The Morgan fingerprint density at radius 2 is 2.03 bits per heavy atom. The predicted octanol–water partition coefficient (Wildman–Crippen LogP) is 4.82. The van der Waals surface area contributed by atoms with Crippen LogP contribution in [-0.4, -0.2) is 50.0 Å². The molecule has 0 amide bonds. The lowest BCUT2D eigenvalue weighted by Crippen LogP contribution is -2.27. The van der Waals surface area contributed by atoms with Gasteiger partial charge in [-0.15, -0.1) is 22.6 Å². The van der Waals surface area contributed by atoms with E-state index in [9.17, 15) is 0 Å². The van der Waals surface area contributed by atoms with Crippen LogP contribution < -0.4 is 0 Å². The van der Waals surface area contributed by atoms with E-state index in [-0.39, 0.29) is 12.4 Å². The molecule has 2 aromatic heterocycles. The maximum absolute atomic E-state index is 4.37. The van der Waals surface area contributed by atoms with Crippen LogP contribution in [0.25, 0.3) is 11.4 Å². The molecule has 2 aliphatic rings. The largest absolute Gasteiger partial charge is 0.305 e. The van der Waals surface area contributed by atoms with Crippen molar-refractivity contribution >= 4 is 40.1 Å². The highest BCUT2D eigenvalue weighted by Gasteiger charge is 2.60. The van der Waals surface area contributed by atoms with Crippen LogP contribution >= 0.6 is 40.1 Å². The van der Waals surface area contributed by atoms with E-state index in [0.717, 1.165) is 39.2 Å². The van der Waals surface area contributed by atoms with Gasteiger partial charge < -0.3 is 9.47 Å². The molecule has 5 rings (SSSR count). The minimum absolute atomic E-state index is 0. The molecule has 1 aliphatic carbocycles. The van der Waals surface area contributed by atoms with Gasteiger partial charge in [0.25, 0.3) is 0 Å². The first-order chi connectivity index (χ1) is 14.2. The number of halogens is 2. The summed E-state index contributed by atoms with van der Waals surface area (Å²) in [5.74, 6) is 2.78. The lowest BCUT2D eigenvalue weighted by Gasteiger charge is -2.21. The van der Waals surface area contributed by atoms with Gasteiger partial charge in [-0.2, -0.15) is 0 Å². The molecule has 3 heterocycles. The van der Waals surface area contributed by atoms with Crippen molar-refractivity contribution in [3.63, 3.8) is 0 Å². The number of thioether (sulfide) groups is 1. The topological polar surface area (TPSA) is 46.8 Å². The van der Waals surface area contributed by atoms with Gasteiger partial charge in [-0.1, -0.05) is 39.8 Å². The van der Waals surface area contributed by atoms with Crippen LogP contribution in [0.4, 0.5) is 0 Å². The standard InChI is InChI=1S/C22H24BrN5S.ClH/c1-27-20(16-4-2-9-24-13-16)25-26-21(27)29-11-3-10-28-14-18-12-22(18,15-28)17-5-7-19(23)8-6-17;/h2,4-9,13,18H,3,10-12,14-15H2,1H3;1H/t18-,22+;/m0./s1. The number of piperidine rings is 1. The monoisotopic (exact) mass is 505 g/mol. The quantitative estimate of drug-likeness (QED) is 0.340. The molecule has 0 unspecified atom stereocenters. The third kappa shape index (κ3) is 4.17. The van der Waals surface area contributed by atoms with Crippen LogP contribution in [0.3, 0.4) is 0 Å². The summed E-state index contributed by atoms with van der Waals surface area (Å²) in [6.45, 7) is 3.62. The third-order valence-electron chi connectivity index (χ3n) is 6.24. The zero-order valence-electron chi connectivity index (χ0n) is 16.9. The molecule has 1 saturated carbocycles. The first-order valence-corrected chi connectivity index (χ1v) is 11.8. The summed E-state index contributed by atoms with van der Waals surface area (Å²) in [5, 5.41) is 9.69. The zero-order chi connectivity index (χ0) is 19.8. The molecule has 1 saturated heterocycles. The van der Waals surface area contributed by atoms with E-state index in [4.69, 9.17) is 0 Å². The Balaban J connectivity index is 0.00000218. The van der Waals surface area contributed by atoms with E-state index < -0.39 is 0 Å². The fraction of sp³-hybridized carbons (Fsp3) is 0.409. The van der Waals surface area contributed by atoms with Crippen LogP contribution in [-0.2, 0) is 12.5 Å². The molecule has 1 aliphatic heterocycles. The second kappa shape index (κ2) is 8.99. The van der Waals surface area contributed by atoms with Gasteiger partial charge in [-0.3, -0.25) is 4.98 Å². The number of benzene rings is 1. The summed E-state index contributed by atoms with van der Waals surface area (Å²) >= 11 is 5.34. The van der Waals surface area contributed by atoms with Gasteiger partial charge in [0.05, 0.1) is 0 Å². The average Bonchev–Trinajstić information content (AvgIpc) is 3.11. The van der Waals surface area contributed by atoms with Gasteiger partial charge in [0.2, 0.25) is 0 Å². The number of likely N-dealkylation sites (tertiary alicyclic amines) is 1. The van der Waals surface area contributed by atoms with Gasteiger partial charge >= 0.3 is 0 Å². The Labute approximate surface area is 196 Å². The molecular formula is C22H25BrClN5S. The van der Waals surface area contributed by atoms with Crippen LogP contribution in [0.15, 0.2) is 58.4 Å². The summed E-state index contributed by atoms with van der Waals surface area (Å²) < 4.78 is 3.23. The highest BCUT2D eigenvalue weighted by atomic mass is 79.9. The Morgan fingerprint density at radius 3 is 2.80 bits per heavy atom. The minimum atomic E-state index is 0. The summed E-state index contributed by atoms with van der Waals surface area (Å²) in [6, 6.07) is 12.9. The highest BCUT2D eigenvalue weighted by Crippen LogP contribution is 2.59. The summed E-state index contributed by atoms with van der Waals surface area (Å²) in [6.07, 6.45) is 6.13. The molecule has 2 fully saturated rings. The lowest BCUT2D eigenvalue weighted by atomic mass is 9.95. The Morgan fingerprint density at radius 1 is 1.20 bits per heavy atom. The fourth-order valence-corrected chi connectivity index (χ4v) is 5.72. The zero-order valence-corrected chi connectivity index (χ0v) is 20.1. The lowest BCUT2D eigenvalue weighted by molar-refractivity contribution is 0.299. The van der Waals surface area contributed by atoms with Crippen molar-refractivity contribution in [3.8, 4) is 11.4 Å². The van der Waals surface area contributed by atoms with Gasteiger partial charge in [0.1, 0.15) is 0 Å². The highest BCUT2D eigenvalue weighted by molar-refractivity contribution is 9.10. The van der Waals surface area contributed by atoms with E-state index in [0.29, 0.717) is 5.41 Å². The molecule has 0 radical (unpaired) electrons. The third-order valence-corrected chi connectivity index (χ3v) is 7.88. The van der Waals surface area contributed by atoms with Gasteiger partial charge in [0, 0.05) is 53.7 Å². The number of aromatic nitrogens is 4. The molecule has 5 nitrogen and oxygen atoms in total. The number of rotatable bonds is 7. The number of nitrogens with zero attached hydrogens (tertiary/aromatic N) is 5. The van der Waals surface area contributed by atoms with Gasteiger partial charge in [0.15, 0.2) is 11.0 Å². The fourth-order valence-electron chi connectivity index (χ4n) is 4.62. The molecule has 1 aromatic carbocycles. The molecule has 0 spiro atoms. The Kier molecular flexibility index (Phi) is 6.53. The van der Waals surface area contributed by atoms with Crippen LogP contribution in [0, 0.1) is 5.92 Å². The maximum atomic E-state index is 4.37. The average molecular weight is 507 g/mol. The number of hydrogen-bond donors (Lipinski definition) is 0. The van der Waals surface area contributed by atoms with Crippen molar-refractivity contribution in [1.29, 1.82) is 0 Å². The predicted molar refractivity (Wildman–Crippen MR) is 127 cm³/mol. The SMILES string of the molecule is Cl.Cn1c(SCCCN2C[C@@H]3C[C@]3(c3ccc(Br)cc3)C2)nnc1-c1cccnc1. The van der Waals surface area contributed by atoms with Gasteiger partial charge in [-0.05, 0) is 55.1 Å². The van der Waals surface area contributed by atoms with E-state index in [1.807, 2.05) is 25.4 Å². The minimum Gasteiger partial charge on any atom is -0.305 e. The molecule has 0 bridgehead atoms. The number of hydrogen-bond acceptors (Lipinski definition) is 5. The summed E-state index contributed by atoms with van der Waals surface area (Å²) in [5.41, 5.74) is 2.95. The molecule has 2 atom stereocenters. The van der Waals surface area contributed by atoms with E-state index in [1.54, 1.807) is 18.0 Å². The first-order valence-electron chi connectivity index (χ1n) is 10.1. The molecule has 158 valence electrons. The maximum Gasteiger partial charge on any atom is 0.191 e. The van der Waals surface area contributed by atoms with Crippen molar-refractivity contribution in [1.82, 2.24) is 24.6 Å². The molecule has 3 aromatic rings. The van der Waals surface area contributed by atoms with Crippen molar-refractivity contribution < 1.29 is 0 Å². The molecule has 0 N–H and O–H groups in total. The second-order valence-corrected chi connectivity index (χ2v) is 10.1. The van der Waals surface area contributed by atoms with E-state index >= 15 is 0 Å². The second-order valence-electron chi connectivity index (χ2n) is 8.11. The van der Waals surface area contributed by atoms with Crippen LogP contribution in [0.5, 0.6) is 0 Å². The summed E-state index contributed by atoms with van der Waals surface area (Å²) in [4.78, 5) is 6.82. The van der Waals surface area contributed by atoms with E-state index in [2.05, 4.69) is 64.8 Å². The van der Waals surface area contributed by atoms with Crippen LogP contribution in [0.2, 0.25) is 0 Å². The Bertz CT molecular complexity index is 997. The number of pyridine rings is 1. The summed E-state index contributed by atoms with van der Waals surface area (Å²) in [7, 11) is 2.03. The van der Waals surface area contributed by atoms with E-state index in [1.165, 1.54) is 31.5 Å². The smallest absolute Gasteiger partial charge is 0.191 e. The van der Waals surface area contributed by atoms with Crippen molar-refractivity contribution in [3.05, 3.63) is 58.8 Å². The normalized spacial score (nSPS) is 22.5. The molecular weight excluding hydrogens is 482 g/mol. The Hall–Kier alpha value is -1.41. The number of fused-ring (bicyclic) bond motifs is 1. The van der Waals surface area contributed by atoms with Crippen molar-refractivity contribution in [2.75, 3.05) is 25.4 Å². The molecule has 8 heteroatoms. The van der Waals surface area contributed by atoms with Gasteiger partial charge in [-0.25, -0.2) is 0 Å². The first kappa shape index (κ1) is 21.8. The van der Waals surface area contributed by atoms with Crippen molar-refractivity contribution in [2.45, 2.75) is 23.4 Å². The molecule has 30 heavy (non-hydrogen) atoms. The van der Waals surface area contributed by atoms with Crippen LogP contribution in [0.1, 0.15) is 18.4 Å². The van der Waals surface area contributed by atoms with Crippen molar-refractivity contribution in [2.24, 2.45) is 13.0 Å².